The van der Waals surface area contributed by atoms with Crippen LogP contribution in [0.1, 0.15) is 0 Å². The van der Waals surface area contributed by atoms with Gasteiger partial charge >= 0.3 is 0 Å². The first-order chi connectivity index (χ1) is 28.8. The van der Waals surface area contributed by atoms with E-state index < -0.39 is 0 Å². The van der Waals surface area contributed by atoms with Gasteiger partial charge in [-0.2, -0.15) is 0 Å². The Morgan fingerprint density at radius 3 is 1.78 bits per heavy atom. The zero-order chi connectivity index (χ0) is 38.2. The van der Waals surface area contributed by atoms with Crippen LogP contribution in [0.25, 0.3) is 116 Å². The molecule has 0 saturated carbocycles. The number of nitrogens with zero attached hydrogens (tertiary/aromatic N) is 4. The first kappa shape index (κ1) is 32.4. The van der Waals surface area contributed by atoms with Crippen molar-refractivity contribution in [2.24, 2.45) is 0 Å². The van der Waals surface area contributed by atoms with Crippen LogP contribution in [0.5, 0.6) is 0 Å². The van der Waals surface area contributed by atoms with Gasteiger partial charge in [-0.15, -0.1) is 0 Å². The molecule has 0 aliphatic carbocycles. The summed E-state index contributed by atoms with van der Waals surface area (Å²) in [4.78, 5) is 16.0. The lowest BCUT2D eigenvalue weighted by atomic mass is 9.98. The molecule has 12 rings (SSSR count). The van der Waals surface area contributed by atoms with Gasteiger partial charge in [-0.3, -0.25) is 0 Å². The Kier molecular flexibility index (Phi) is 7.16. The lowest BCUT2D eigenvalue weighted by Gasteiger charge is -2.14. The SMILES string of the molecule is c1ccc(-c2ccccc2-c2nc(-c3cccc4ccccc34)nc(-c3ccc(-n4c5ccccc5c5cc6ccccc6cc54)c4oc5ccccc5c34)n2)cc1. The van der Waals surface area contributed by atoms with E-state index in [4.69, 9.17) is 19.4 Å². The largest absolute Gasteiger partial charge is 0.454 e. The third-order valence-corrected chi connectivity index (χ3v) is 11.4. The van der Waals surface area contributed by atoms with Gasteiger partial charge in [0.25, 0.3) is 0 Å². The molecule has 270 valence electrons. The standard InChI is InChI=1S/C53H32N4O/c1-2-15-33(16-3-1)37-22-8-9-24-40(37)51-54-52(41-26-14-20-34-17-6-7-21-38(34)41)56-53(55-51)43-29-30-46(50-49(43)42-25-11-13-28-48(42)58-50)57-45-27-12-10-23-39(45)44-31-35-18-4-5-19-36(35)32-47(44)57/h1-32H. The molecular formula is C53H32N4O. The molecule has 0 aliphatic rings. The molecule has 0 spiro atoms. The third kappa shape index (κ3) is 5.00. The van der Waals surface area contributed by atoms with Crippen LogP contribution in [0.3, 0.4) is 0 Å². The maximum Gasteiger partial charge on any atom is 0.164 e. The Labute approximate surface area is 333 Å². The van der Waals surface area contributed by atoms with Crippen molar-refractivity contribution >= 4 is 65.3 Å². The van der Waals surface area contributed by atoms with Crippen molar-refractivity contribution in [3.63, 3.8) is 0 Å². The lowest BCUT2D eigenvalue weighted by Crippen LogP contribution is -2.02. The van der Waals surface area contributed by atoms with Crippen LogP contribution in [0.4, 0.5) is 0 Å². The van der Waals surface area contributed by atoms with E-state index in [1.54, 1.807) is 0 Å². The molecule has 0 aliphatic heterocycles. The molecule has 0 radical (unpaired) electrons. The molecular weight excluding hydrogens is 709 g/mol. The van der Waals surface area contributed by atoms with Crippen LogP contribution < -0.4 is 0 Å². The van der Waals surface area contributed by atoms with Gasteiger partial charge in [-0.25, -0.2) is 15.0 Å². The zero-order valence-corrected chi connectivity index (χ0v) is 31.2. The molecule has 3 aromatic heterocycles. The maximum atomic E-state index is 6.93. The summed E-state index contributed by atoms with van der Waals surface area (Å²) < 4.78 is 9.28. The normalized spacial score (nSPS) is 11.8. The average molecular weight is 741 g/mol. The van der Waals surface area contributed by atoms with Crippen molar-refractivity contribution in [2.45, 2.75) is 0 Å². The smallest absolute Gasteiger partial charge is 0.164 e. The van der Waals surface area contributed by atoms with E-state index in [2.05, 4.69) is 174 Å². The minimum atomic E-state index is 0.576. The van der Waals surface area contributed by atoms with Crippen molar-refractivity contribution in [1.29, 1.82) is 0 Å². The number of hydrogen-bond acceptors (Lipinski definition) is 4. The third-order valence-electron chi connectivity index (χ3n) is 11.4. The number of aromatic nitrogens is 4. The zero-order valence-electron chi connectivity index (χ0n) is 31.2. The summed E-state index contributed by atoms with van der Waals surface area (Å²) in [5.74, 6) is 1.79. The number of para-hydroxylation sites is 2. The van der Waals surface area contributed by atoms with E-state index in [1.807, 2.05) is 24.3 Å². The fraction of sp³-hybridized carbons (Fsp3) is 0. The topological polar surface area (TPSA) is 56.7 Å². The van der Waals surface area contributed by atoms with Crippen LogP contribution in [-0.4, -0.2) is 19.5 Å². The van der Waals surface area contributed by atoms with Crippen molar-refractivity contribution in [3.8, 4) is 51.0 Å². The number of furan rings is 1. The molecule has 5 heteroatoms. The Hall–Kier alpha value is -7.89. The van der Waals surface area contributed by atoms with E-state index in [-0.39, 0.29) is 0 Å². The lowest BCUT2D eigenvalue weighted by molar-refractivity contribution is 0.666. The summed E-state index contributed by atoms with van der Waals surface area (Å²) in [6, 6.07) is 67.9. The molecule has 0 saturated heterocycles. The molecule has 12 aromatic rings. The summed E-state index contributed by atoms with van der Waals surface area (Å²) in [6.07, 6.45) is 0. The minimum Gasteiger partial charge on any atom is -0.454 e. The highest BCUT2D eigenvalue weighted by molar-refractivity contribution is 6.18. The highest BCUT2D eigenvalue weighted by atomic mass is 16.3. The molecule has 0 unspecified atom stereocenters. The highest BCUT2D eigenvalue weighted by Crippen LogP contribution is 2.43. The Morgan fingerprint density at radius 2 is 0.948 bits per heavy atom. The van der Waals surface area contributed by atoms with Crippen LogP contribution in [-0.2, 0) is 0 Å². The quantitative estimate of drug-likeness (QED) is 0.176. The number of benzene rings is 9. The van der Waals surface area contributed by atoms with E-state index >= 15 is 0 Å². The molecule has 9 aromatic carbocycles. The minimum absolute atomic E-state index is 0.576. The summed E-state index contributed by atoms with van der Waals surface area (Å²) in [6.45, 7) is 0. The maximum absolute atomic E-state index is 6.93. The predicted octanol–water partition coefficient (Wildman–Crippen LogP) is 13.8. The highest BCUT2D eigenvalue weighted by Gasteiger charge is 2.24. The van der Waals surface area contributed by atoms with Gasteiger partial charge in [0, 0.05) is 38.2 Å². The summed E-state index contributed by atoms with van der Waals surface area (Å²) in [5, 5.41) is 8.94. The monoisotopic (exact) mass is 740 g/mol. The fourth-order valence-electron chi connectivity index (χ4n) is 8.80. The van der Waals surface area contributed by atoms with Gasteiger partial charge in [0.05, 0.1) is 16.7 Å². The van der Waals surface area contributed by atoms with Gasteiger partial charge in [0.1, 0.15) is 5.58 Å². The molecule has 5 nitrogen and oxygen atoms in total. The molecule has 0 N–H and O–H groups in total. The van der Waals surface area contributed by atoms with Crippen LogP contribution in [0, 0.1) is 0 Å². The second-order valence-corrected chi connectivity index (χ2v) is 14.7. The first-order valence-corrected chi connectivity index (χ1v) is 19.5. The van der Waals surface area contributed by atoms with Crippen LogP contribution in [0.2, 0.25) is 0 Å². The summed E-state index contributed by atoms with van der Waals surface area (Å²) in [7, 11) is 0. The van der Waals surface area contributed by atoms with E-state index in [0.29, 0.717) is 17.5 Å². The first-order valence-electron chi connectivity index (χ1n) is 19.5. The van der Waals surface area contributed by atoms with Crippen molar-refractivity contribution < 1.29 is 4.42 Å². The van der Waals surface area contributed by atoms with E-state index in [9.17, 15) is 0 Å². The molecule has 0 fully saturated rings. The Balaban J connectivity index is 1.17. The Bertz CT molecular complexity index is 3580. The second-order valence-electron chi connectivity index (χ2n) is 14.7. The molecule has 0 bridgehead atoms. The summed E-state index contributed by atoms with van der Waals surface area (Å²) >= 11 is 0. The molecule has 0 amide bonds. The van der Waals surface area contributed by atoms with Crippen molar-refractivity contribution in [2.75, 3.05) is 0 Å². The van der Waals surface area contributed by atoms with Gasteiger partial charge < -0.3 is 8.98 Å². The average Bonchev–Trinajstić information content (AvgIpc) is 3.84. The van der Waals surface area contributed by atoms with Crippen molar-refractivity contribution in [1.82, 2.24) is 19.5 Å². The van der Waals surface area contributed by atoms with Crippen LogP contribution >= 0.6 is 0 Å². The molecule has 58 heavy (non-hydrogen) atoms. The predicted molar refractivity (Wildman–Crippen MR) is 238 cm³/mol. The molecule has 0 atom stereocenters. The summed E-state index contributed by atoms with van der Waals surface area (Å²) in [5.41, 5.74) is 9.66. The van der Waals surface area contributed by atoms with E-state index in [0.717, 1.165) is 77.2 Å². The van der Waals surface area contributed by atoms with E-state index in [1.165, 1.54) is 21.5 Å². The Morgan fingerprint density at radius 1 is 0.362 bits per heavy atom. The fourth-order valence-corrected chi connectivity index (χ4v) is 8.80. The van der Waals surface area contributed by atoms with Gasteiger partial charge in [0.2, 0.25) is 0 Å². The van der Waals surface area contributed by atoms with Crippen molar-refractivity contribution in [3.05, 3.63) is 194 Å². The number of fused-ring (bicyclic) bond motifs is 8. The number of hydrogen-bond donors (Lipinski definition) is 0. The van der Waals surface area contributed by atoms with Gasteiger partial charge in [0.15, 0.2) is 23.1 Å². The molecule has 3 heterocycles. The van der Waals surface area contributed by atoms with Crippen LogP contribution in [0.15, 0.2) is 199 Å². The van der Waals surface area contributed by atoms with Gasteiger partial charge in [-0.1, -0.05) is 158 Å². The van der Waals surface area contributed by atoms with Gasteiger partial charge in [-0.05, 0) is 69.1 Å². The number of rotatable bonds is 5. The second kappa shape index (κ2) is 12.8.